The average molecular weight is 303 g/mol. The standard InChI is InChI=1S/C13H11ClN6O/c1-2-21-10-5-3-4-9(6-10)11-17-12(14)19-13(18-11)20-8-15-7-16-20/h3-8H,2H2,1H3. The number of hydrogen-bond acceptors (Lipinski definition) is 6. The molecule has 3 aromatic rings. The van der Waals surface area contributed by atoms with Crippen LogP contribution in [-0.4, -0.2) is 36.3 Å². The van der Waals surface area contributed by atoms with E-state index in [2.05, 4.69) is 25.0 Å². The minimum absolute atomic E-state index is 0.0901. The number of benzene rings is 1. The third kappa shape index (κ3) is 2.97. The fourth-order valence-corrected chi connectivity index (χ4v) is 1.93. The van der Waals surface area contributed by atoms with Crippen LogP contribution in [0.3, 0.4) is 0 Å². The zero-order chi connectivity index (χ0) is 14.7. The van der Waals surface area contributed by atoms with Crippen molar-refractivity contribution in [2.24, 2.45) is 0 Å². The van der Waals surface area contributed by atoms with E-state index in [0.29, 0.717) is 18.4 Å². The molecule has 0 saturated heterocycles. The molecule has 0 atom stereocenters. The Hall–Kier alpha value is -2.54. The average Bonchev–Trinajstić information content (AvgIpc) is 3.01. The van der Waals surface area contributed by atoms with Crippen molar-refractivity contribution in [3.05, 3.63) is 42.2 Å². The summed E-state index contributed by atoms with van der Waals surface area (Å²) in [4.78, 5) is 16.4. The molecule has 8 heteroatoms. The third-order valence-electron chi connectivity index (χ3n) is 2.62. The lowest BCUT2D eigenvalue weighted by Crippen LogP contribution is -2.05. The van der Waals surface area contributed by atoms with E-state index < -0.39 is 0 Å². The molecule has 0 aliphatic carbocycles. The van der Waals surface area contributed by atoms with E-state index >= 15 is 0 Å². The highest BCUT2D eigenvalue weighted by Crippen LogP contribution is 2.22. The molecule has 0 aliphatic heterocycles. The highest BCUT2D eigenvalue weighted by molar-refractivity contribution is 6.28. The molecule has 0 radical (unpaired) electrons. The molecule has 3 rings (SSSR count). The Morgan fingerprint density at radius 3 is 2.90 bits per heavy atom. The minimum Gasteiger partial charge on any atom is -0.494 e. The van der Waals surface area contributed by atoms with Crippen LogP contribution in [0.4, 0.5) is 0 Å². The van der Waals surface area contributed by atoms with Gasteiger partial charge >= 0.3 is 0 Å². The molecule has 21 heavy (non-hydrogen) atoms. The maximum atomic E-state index is 5.96. The summed E-state index contributed by atoms with van der Waals surface area (Å²) in [6, 6.07) is 7.46. The first kappa shape index (κ1) is 13.4. The Kier molecular flexibility index (Phi) is 3.74. The van der Waals surface area contributed by atoms with Gasteiger partial charge in [-0.2, -0.15) is 24.7 Å². The van der Waals surface area contributed by atoms with E-state index in [0.717, 1.165) is 11.3 Å². The molecule has 0 bridgehead atoms. The number of halogens is 1. The SMILES string of the molecule is CCOc1cccc(-c2nc(Cl)nc(-n3cncn3)n2)c1. The predicted molar refractivity (Wildman–Crippen MR) is 76.4 cm³/mol. The summed E-state index contributed by atoms with van der Waals surface area (Å²) in [6.07, 6.45) is 2.89. The van der Waals surface area contributed by atoms with Crippen molar-refractivity contribution < 1.29 is 4.74 Å². The van der Waals surface area contributed by atoms with E-state index in [1.54, 1.807) is 0 Å². The van der Waals surface area contributed by atoms with Crippen LogP contribution in [0.1, 0.15) is 6.92 Å². The van der Waals surface area contributed by atoms with Crippen LogP contribution in [0.25, 0.3) is 17.3 Å². The summed E-state index contributed by atoms with van der Waals surface area (Å²) < 4.78 is 6.89. The molecule has 2 heterocycles. The molecule has 0 N–H and O–H groups in total. The molecule has 0 saturated carbocycles. The quantitative estimate of drug-likeness (QED) is 0.735. The lowest BCUT2D eigenvalue weighted by Gasteiger charge is -2.06. The van der Waals surface area contributed by atoms with Crippen LogP contribution in [0.15, 0.2) is 36.9 Å². The molecule has 1 aromatic carbocycles. The van der Waals surface area contributed by atoms with Crippen LogP contribution in [0.5, 0.6) is 5.75 Å². The predicted octanol–water partition coefficient (Wildman–Crippen LogP) is 2.17. The summed E-state index contributed by atoms with van der Waals surface area (Å²) >= 11 is 5.96. The molecular weight excluding hydrogens is 292 g/mol. The Bertz CT molecular complexity index is 746. The number of nitrogens with zero attached hydrogens (tertiary/aromatic N) is 6. The summed E-state index contributed by atoms with van der Waals surface area (Å²) in [5.74, 6) is 1.50. The smallest absolute Gasteiger partial charge is 0.256 e. The van der Waals surface area contributed by atoms with E-state index in [1.807, 2.05) is 31.2 Å². The second-order valence-corrected chi connectivity index (χ2v) is 4.37. The van der Waals surface area contributed by atoms with Crippen LogP contribution in [-0.2, 0) is 0 Å². The molecule has 106 valence electrons. The maximum Gasteiger partial charge on any atom is 0.256 e. The van der Waals surface area contributed by atoms with Crippen molar-refractivity contribution in [1.82, 2.24) is 29.7 Å². The van der Waals surface area contributed by atoms with Gasteiger partial charge in [0.05, 0.1) is 6.61 Å². The van der Waals surface area contributed by atoms with Gasteiger partial charge in [-0.1, -0.05) is 12.1 Å². The van der Waals surface area contributed by atoms with Gasteiger partial charge in [0.1, 0.15) is 18.4 Å². The number of rotatable bonds is 4. The van der Waals surface area contributed by atoms with E-state index in [4.69, 9.17) is 16.3 Å². The largest absolute Gasteiger partial charge is 0.494 e. The van der Waals surface area contributed by atoms with Crippen molar-refractivity contribution in [1.29, 1.82) is 0 Å². The van der Waals surface area contributed by atoms with Gasteiger partial charge in [-0.15, -0.1) is 0 Å². The van der Waals surface area contributed by atoms with Gasteiger partial charge in [-0.05, 0) is 30.7 Å². The maximum absolute atomic E-state index is 5.96. The zero-order valence-electron chi connectivity index (χ0n) is 11.1. The molecule has 0 spiro atoms. The van der Waals surface area contributed by atoms with Gasteiger partial charge in [0.25, 0.3) is 5.95 Å². The summed E-state index contributed by atoms with van der Waals surface area (Å²) in [5, 5.41) is 4.07. The van der Waals surface area contributed by atoms with Crippen molar-refractivity contribution in [2.75, 3.05) is 6.61 Å². The summed E-state index contributed by atoms with van der Waals surface area (Å²) in [6.45, 7) is 2.51. The van der Waals surface area contributed by atoms with Gasteiger partial charge in [0.15, 0.2) is 5.82 Å². The molecular formula is C13H11ClN6O. The van der Waals surface area contributed by atoms with Crippen molar-refractivity contribution in [3.63, 3.8) is 0 Å². The second kappa shape index (κ2) is 5.84. The summed E-state index contributed by atoms with van der Waals surface area (Å²) in [5.41, 5.74) is 0.784. The Morgan fingerprint density at radius 1 is 1.24 bits per heavy atom. The molecule has 0 unspecified atom stereocenters. The van der Waals surface area contributed by atoms with Gasteiger partial charge in [-0.3, -0.25) is 0 Å². The van der Waals surface area contributed by atoms with E-state index in [-0.39, 0.29) is 5.28 Å². The van der Waals surface area contributed by atoms with Gasteiger partial charge in [-0.25, -0.2) is 4.98 Å². The fraction of sp³-hybridized carbons (Fsp3) is 0.154. The molecule has 0 aliphatic rings. The highest BCUT2D eigenvalue weighted by Gasteiger charge is 2.10. The zero-order valence-corrected chi connectivity index (χ0v) is 11.9. The Morgan fingerprint density at radius 2 is 2.14 bits per heavy atom. The first-order valence-electron chi connectivity index (χ1n) is 6.26. The van der Waals surface area contributed by atoms with Crippen molar-refractivity contribution in [2.45, 2.75) is 6.92 Å². The van der Waals surface area contributed by atoms with Gasteiger partial charge in [0, 0.05) is 5.56 Å². The van der Waals surface area contributed by atoms with Crippen LogP contribution in [0, 0.1) is 0 Å². The normalized spacial score (nSPS) is 10.6. The van der Waals surface area contributed by atoms with Gasteiger partial charge < -0.3 is 4.74 Å². The van der Waals surface area contributed by atoms with Crippen molar-refractivity contribution in [3.8, 4) is 23.1 Å². The monoisotopic (exact) mass is 302 g/mol. The molecule has 7 nitrogen and oxygen atoms in total. The second-order valence-electron chi connectivity index (χ2n) is 4.03. The Labute approximate surface area is 125 Å². The topological polar surface area (TPSA) is 78.6 Å². The highest BCUT2D eigenvalue weighted by atomic mass is 35.5. The lowest BCUT2D eigenvalue weighted by molar-refractivity contribution is 0.340. The number of hydrogen-bond donors (Lipinski definition) is 0. The molecule has 0 fully saturated rings. The summed E-state index contributed by atoms with van der Waals surface area (Å²) in [7, 11) is 0. The first-order chi connectivity index (χ1) is 10.3. The fourth-order valence-electron chi connectivity index (χ4n) is 1.77. The third-order valence-corrected chi connectivity index (χ3v) is 2.79. The van der Waals surface area contributed by atoms with Crippen LogP contribution >= 0.6 is 11.6 Å². The lowest BCUT2D eigenvalue weighted by atomic mass is 10.2. The number of ether oxygens (including phenoxy) is 1. The molecule has 2 aromatic heterocycles. The van der Waals surface area contributed by atoms with Crippen LogP contribution in [0.2, 0.25) is 5.28 Å². The number of aromatic nitrogens is 6. The van der Waals surface area contributed by atoms with E-state index in [9.17, 15) is 0 Å². The first-order valence-corrected chi connectivity index (χ1v) is 6.64. The van der Waals surface area contributed by atoms with E-state index in [1.165, 1.54) is 17.3 Å². The van der Waals surface area contributed by atoms with Crippen molar-refractivity contribution >= 4 is 11.6 Å². The Balaban J connectivity index is 2.04. The van der Waals surface area contributed by atoms with Gasteiger partial charge in [0.2, 0.25) is 5.28 Å². The molecule has 0 amide bonds. The minimum atomic E-state index is 0.0901. The van der Waals surface area contributed by atoms with Crippen LogP contribution < -0.4 is 4.74 Å².